The van der Waals surface area contributed by atoms with Crippen LogP contribution in [0.4, 0.5) is 22.2 Å². The number of unbranched alkanes of at least 4 members (excludes halogenated alkanes) is 3. The van der Waals surface area contributed by atoms with E-state index in [1.807, 2.05) is 0 Å². The lowest BCUT2D eigenvalue weighted by atomic mass is 10.1. The quantitative estimate of drug-likeness (QED) is 0.0364. The molecule has 372 valence electrons. The molecule has 0 aliphatic heterocycles. The van der Waals surface area contributed by atoms with E-state index in [2.05, 4.69) is 36.9 Å². The molecule has 7 amide bonds. The first kappa shape index (κ1) is 54.3. The molecule has 0 radical (unpaired) electrons. The van der Waals surface area contributed by atoms with Crippen molar-refractivity contribution in [3.63, 3.8) is 0 Å². The number of ether oxygens (including phenoxy) is 3. The maximum Gasteiger partial charge on any atom is 0.263 e. The summed E-state index contributed by atoms with van der Waals surface area (Å²) < 4.78 is 16.2. The van der Waals surface area contributed by atoms with Crippen LogP contribution in [0, 0.1) is 0 Å². The number of primary amides is 1. The molecule has 0 saturated heterocycles. The Labute approximate surface area is 403 Å². The fourth-order valence-corrected chi connectivity index (χ4v) is 7.56. The molecule has 1 aromatic heterocycles. The average Bonchev–Trinajstić information content (AvgIpc) is 3.79. The molecule has 0 saturated carbocycles. The van der Waals surface area contributed by atoms with Gasteiger partial charge in [0.2, 0.25) is 17.7 Å². The number of anilines is 4. The third-order valence-electron chi connectivity index (χ3n) is 10.6. The molecule has 0 aliphatic rings. The van der Waals surface area contributed by atoms with Gasteiger partial charge in [0.05, 0.1) is 44.2 Å². The molecule has 16 N–H and O–H groups in total. The van der Waals surface area contributed by atoms with Gasteiger partial charge in [-0.05, 0) is 132 Å². The first-order valence-electron chi connectivity index (χ1n) is 22.2. The Morgan fingerprint density at radius 3 is 1.20 bits per heavy atom. The standard InChI is InChI=1S/C46H62N12O10S/c1-66-35-16-13-26(22-29(35)39(50)59)53-42(62)32(10-4-7-19-47)56-40(60)30-23-27(14-17-36(30)67-2)54-43(63)33(11-5-8-20-48)57-41(61)31-24-28(15-18-37(31)68-3)55-44(64)34(12-6-9-21-49)58-45(65)38-25-52-46(51)69-38/h13-18,22-25,32-34H,4-12,19-21,47-49H2,1-3H3,(H2,50,59)(H2,51,52)(H,53,62)(H,54,63)(H,55,64)(H,56,60)(H,57,61)(H,58,65). The predicted octanol–water partition coefficient (Wildman–Crippen LogP) is 2.45. The number of carbonyl (C=O) groups is 7. The zero-order valence-electron chi connectivity index (χ0n) is 38.8. The molecule has 0 aliphatic carbocycles. The first-order chi connectivity index (χ1) is 33.2. The Hall–Kier alpha value is -7.34. The highest BCUT2D eigenvalue weighted by Gasteiger charge is 2.28. The summed E-state index contributed by atoms with van der Waals surface area (Å²) in [4.78, 5) is 98.3. The normalized spacial score (nSPS) is 12.1. The number of nitrogen functional groups attached to an aromatic ring is 1. The highest BCUT2D eigenvalue weighted by molar-refractivity contribution is 7.17. The molecule has 3 aromatic carbocycles. The Morgan fingerprint density at radius 1 is 0.536 bits per heavy atom. The van der Waals surface area contributed by atoms with Crippen molar-refractivity contribution >= 4 is 74.9 Å². The number of rotatable bonds is 28. The predicted molar refractivity (Wildman–Crippen MR) is 262 cm³/mol. The van der Waals surface area contributed by atoms with E-state index >= 15 is 0 Å². The van der Waals surface area contributed by atoms with Crippen LogP contribution < -0.4 is 74.8 Å². The third kappa shape index (κ3) is 16.2. The minimum atomic E-state index is -1.13. The largest absolute Gasteiger partial charge is 0.496 e. The van der Waals surface area contributed by atoms with Crippen LogP contribution in [0.1, 0.15) is 98.5 Å². The zero-order chi connectivity index (χ0) is 50.5. The number of nitrogens with two attached hydrogens (primary N) is 5. The lowest BCUT2D eigenvalue weighted by Gasteiger charge is -2.21. The number of hydrogen-bond acceptors (Lipinski definition) is 16. The van der Waals surface area contributed by atoms with Gasteiger partial charge >= 0.3 is 0 Å². The number of carbonyl (C=O) groups excluding carboxylic acids is 7. The molecule has 69 heavy (non-hydrogen) atoms. The van der Waals surface area contributed by atoms with Crippen LogP contribution in [0.5, 0.6) is 17.2 Å². The smallest absolute Gasteiger partial charge is 0.263 e. The van der Waals surface area contributed by atoms with Crippen molar-refractivity contribution < 1.29 is 47.8 Å². The fraction of sp³-hybridized carbons (Fsp3) is 0.391. The topological polar surface area (TPSA) is 362 Å². The number of methoxy groups -OCH3 is 3. The summed E-state index contributed by atoms with van der Waals surface area (Å²) in [6.07, 6.45) is 5.17. The number of aromatic nitrogens is 1. The van der Waals surface area contributed by atoms with Gasteiger partial charge < -0.3 is 74.8 Å². The third-order valence-corrected chi connectivity index (χ3v) is 11.4. The number of nitrogens with one attached hydrogen (secondary N) is 6. The van der Waals surface area contributed by atoms with E-state index in [1.165, 1.54) is 82.1 Å². The summed E-state index contributed by atoms with van der Waals surface area (Å²) in [5.41, 5.74) is 29.0. The molecule has 23 heteroatoms. The van der Waals surface area contributed by atoms with E-state index in [4.69, 9.17) is 42.9 Å². The number of benzene rings is 3. The van der Waals surface area contributed by atoms with E-state index in [1.54, 1.807) is 0 Å². The Kier molecular flexibility index (Phi) is 21.6. The van der Waals surface area contributed by atoms with Crippen LogP contribution in [0.2, 0.25) is 0 Å². The van der Waals surface area contributed by atoms with Gasteiger partial charge in [-0.1, -0.05) is 11.3 Å². The summed E-state index contributed by atoms with van der Waals surface area (Å²) >= 11 is 0.976. The summed E-state index contributed by atoms with van der Waals surface area (Å²) in [5.74, 6) is -3.99. The second-order valence-corrected chi connectivity index (χ2v) is 16.6. The van der Waals surface area contributed by atoms with Crippen LogP contribution in [0.15, 0.2) is 60.8 Å². The molecular formula is C46H62N12O10S. The second-order valence-electron chi connectivity index (χ2n) is 15.6. The van der Waals surface area contributed by atoms with Gasteiger partial charge in [-0.25, -0.2) is 4.98 Å². The second kappa shape index (κ2) is 27.5. The van der Waals surface area contributed by atoms with E-state index < -0.39 is 59.5 Å². The first-order valence-corrected chi connectivity index (χ1v) is 23.0. The lowest BCUT2D eigenvalue weighted by molar-refractivity contribution is -0.118. The van der Waals surface area contributed by atoms with Crippen LogP contribution in [-0.4, -0.2) is 105 Å². The van der Waals surface area contributed by atoms with Gasteiger partial charge in [0.15, 0.2) is 5.13 Å². The molecular weight excluding hydrogens is 913 g/mol. The monoisotopic (exact) mass is 974 g/mol. The highest BCUT2D eigenvalue weighted by Crippen LogP contribution is 2.27. The van der Waals surface area contributed by atoms with Gasteiger partial charge in [-0.15, -0.1) is 0 Å². The summed E-state index contributed by atoms with van der Waals surface area (Å²) in [5, 5.41) is 16.7. The lowest BCUT2D eigenvalue weighted by Crippen LogP contribution is -2.44. The summed E-state index contributed by atoms with van der Waals surface area (Å²) in [6, 6.07) is 9.91. The minimum absolute atomic E-state index is 0.00969. The van der Waals surface area contributed by atoms with Crippen molar-refractivity contribution in [3.05, 3.63) is 82.4 Å². The van der Waals surface area contributed by atoms with Crippen LogP contribution in [0.3, 0.4) is 0 Å². The molecule has 4 rings (SSSR count). The molecule has 0 spiro atoms. The maximum atomic E-state index is 14.0. The molecule has 1 heterocycles. The van der Waals surface area contributed by atoms with Gasteiger partial charge in [-0.2, -0.15) is 0 Å². The molecule has 4 aromatic rings. The number of amides is 7. The van der Waals surface area contributed by atoms with E-state index in [0.29, 0.717) is 58.2 Å². The van der Waals surface area contributed by atoms with Crippen molar-refractivity contribution in [3.8, 4) is 17.2 Å². The zero-order valence-corrected chi connectivity index (χ0v) is 39.6. The summed E-state index contributed by atoms with van der Waals surface area (Å²) in [7, 11) is 4.09. The average molecular weight is 975 g/mol. The van der Waals surface area contributed by atoms with Crippen molar-refractivity contribution in [1.29, 1.82) is 0 Å². The van der Waals surface area contributed by atoms with Crippen molar-refractivity contribution in [2.45, 2.75) is 75.9 Å². The van der Waals surface area contributed by atoms with Gasteiger partial charge in [0.25, 0.3) is 23.6 Å². The Bertz CT molecular complexity index is 2430. The molecule has 3 atom stereocenters. The maximum absolute atomic E-state index is 14.0. The highest BCUT2D eigenvalue weighted by atomic mass is 32.1. The van der Waals surface area contributed by atoms with Crippen LogP contribution in [-0.2, 0) is 14.4 Å². The van der Waals surface area contributed by atoms with Gasteiger partial charge in [0.1, 0.15) is 40.3 Å². The number of thiazole rings is 1. The molecule has 22 nitrogen and oxygen atoms in total. The van der Waals surface area contributed by atoms with E-state index in [0.717, 1.165) is 11.3 Å². The van der Waals surface area contributed by atoms with Crippen molar-refractivity contribution in [2.24, 2.45) is 22.9 Å². The van der Waals surface area contributed by atoms with E-state index in [9.17, 15) is 33.6 Å². The Balaban J connectivity index is 1.54. The van der Waals surface area contributed by atoms with Crippen molar-refractivity contribution in [2.75, 3.05) is 62.6 Å². The molecule has 0 bridgehead atoms. The fourth-order valence-electron chi connectivity index (χ4n) is 6.97. The van der Waals surface area contributed by atoms with Crippen LogP contribution >= 0.6 is 11.3 Å². The van der Waals surface area contributed by atoms with Crippen LogP contribution in [0.25, 0.3) is 0 Å². The molecule has 3 unspecified atom stereocenters. The number of nitrogens with zero attached hydrogens (tertiary/aromatic N) is 1. The van der Waals surface area contributed by atoms with Gasteiger partial charge in [-0.3, -0.25) is 33.6 Å². The van der Waals surface area contributed by atoms with E-state index in [-0.39, 0.29) is 80.3 Å². The summed E-state index contributed by atoms with van der Waals surface area (Å²) in [6.45, 7) is 1.08. The SMILES string of the molecule is COc1ccc(NC(=O)C(CCCCN)NC(=O)c2cc(NC(=O)C(CCCCN)NC(=O)c3cc(NC(=O)C(CCCCN)NC(=O)c4cnc(N)s4)ccc3OC)ccc2OC)cc1C(N)=O. The molecule has 0 fully saturated rings. The minimum Gasteiger partial charge on any atom is -0.496 e. The number of hydrogen-bond donors (Lipinski definition) is 11. The van der Waals surface area contributed by atoms with Crippen molar-refractivity contribution in [1.82, 2.24) is 20.9 Å². The van der Waals surface area contributed by atoms with Gasteiger partial charge in [0, 0.05) is 17.1 Å². The Morgan fingerprint density at radius 2 is 0.884 bits per heavy atom.